The molecule has 19 heavy (non-hydrogen) atoms. The summed E-state index contributed by atoms with van der Waals surface area (Å²) in [6, 6.07) is 0. The molecular formula is C16H28O3. The van der Waals surface area contributed by atoms with Crippen LogP contribution in [0.3, 0.4) is 0 Å². The summed E-state index contributed by atoms with van der Waals surface area (Å²) in [5, 5.41) is 9.06. The SMILES string of the molecule is CCCCC#COC(CCCC(CC)CC)C(=O)O. The lowest BCUT2D eigenvalue weighted by Gasteiger charge is -2.14. The Kier molecular flexibility index (Phi) is 11.2. The Morgan fingerprint density at radius 3 is 2.37 bits per heavy atom. The minimum absolute atomic E-state index is 0.550. The van der Waals surface area contributed by atoms with E-state index in [0.717, 1.165) is 44.9 Å². The molecule has 0 aromatic heterocycles. The van der Waals surface area contributed by atoms with E-state index >= 15 is 0 Å². The van der Waals surface area contributed by atoms with Gasteiger partial charge in [0.15, 0.2) is 0 Å². The first-order chi connectivity index (χ1) is 9.15. The molecule has 0 spiro atoms. The molecule has 1 atom stereocenters. The van der Waals surface area contributed by atoms with E-state index in [1.165, 1.54) is 0 Å². The molecule has 0 bridgehead atoms. The zero-order valence-electron chi connectivity index (χ0n) is 12.6. The van der Waals surface area contributed by atoms with Crippen LogP contribution < -0.4 is 0 Å². The minimum Gasteiger partial charge on any atom is -0.478 e. The molecule has 0 aromatic carbocycles. The molecule has 0 heterocycles. The van der Waals surface area contributed by atoms with Crippen LogP contribution in [0.5, 0.6) is 0 Å². The maximum absolute atomic E-state index is 11.0. The van der Waals surface area contributed by atoms with Gasteiger partial charge in [0.2, 0.25) is 6.10 Å². The van der Waals surface area contributed by atoms with E-state index < -0.39 is 12.1 Å². The fraction of sp³-hybridized carbons (Fsp3) is 0.812. The van der Waals surface area contributed by atoms with Gasteiger partial charge in [-0.3, -0.25) is 0 Å². The molecule has 0 saturated heterocycles. The normalized spacial score (nSPS) is 11.8. The minimum atomic E-state index is -0.908. The molecule has 0 aliphatic heterocycles. The quantitative estimate of drug-likeness (QED) is 0.477. The van der Waals surface area contributed by atoms with Crippen molar-refractivity contribution < 1.29 is 14.6 Å². The number of unbranched alkanes of at least 4 members (excludes halogenated alkanes) is 2. The smallest absolute Gasteiger partial charge is 0.346 e. The molecule has 0 rings (SSSR count). The van der Waals surface area contributed by atoms with E-state index in [9.17, 15) is 4.79 Å². The molecule has 0 radical (unpaired) electrons. The summed E-state index contributed by atoms with van der Waals surface area (Å²) >= 11 is 0. The fourth-order valence-corrected chi connectivity index (χ4v) is 1.95. The molecule has 3 heteroatoms. The van der Waals surface area contributed by atoms with Crippen LogP contribution in [0.1, 0.15) is 72.1 Å². The van der Waals surface area contributed by atoms with Crippen molar-refractivity contribution in [1.29, 1.82) is 0 Å². The Balaban J connectivity index is 3.98. The Labute approximate surface area is 117 Å². The highest BCUT2D eigenvalue weighted by atomic mass is 16.5. The first-order valence-corrected chi connectivity index (χ1v) is 7.51. The van der Waals surface area contributed by atoms with Crippen molar-refractivity contribution in [3.8, 4) is 12.0 Å². The van der Waals surface area contributed by atoms with Gasteiger partial charge in [-0.05, 0) is 25.2 Å². The third kappa shape index (κ3) is 9.41. The maximum atomic E-state index is 11.0. The Bertz CT molecular complexity index is 284. The van der Waals surface area contributed by atoms with Gasteiger partial charge in [-0.2, -0.15) is 0 Å². The van der Waals surface area contributed by atoms with Crippen LogP contribution in [0, 0.1) is 17.9 Å². The zero-order chi connectivity index (χ0) is 14.5. The van der Waals surface area contributed by atoms with Crippen molar-refractivity contribution in [2.24, 2.45) is 5.92 Å². The van der Waals surface area contributed by atoms with Gasteiger partial charge in [-0.1, -0.05) is 52.4 Å². The second-order valence-corrected chi connectivity index (χ2v) is 4.94. The first kappa shape index (κ1) is 17.8. The molecule has 0 aliphatic rings. The third-order valence-corrected chi connectivity index (χ3v) is 3.44. The average Bonchev–Trinajstić information content (AvgIpc) is 2.40. The molecule has 3 nitrogen and oxygen atoms in total. The average molecular weight is 268 g/mol. The number of hydrogen-bond donors (Lipinski definition) is 1. The number of carboxylic acid groups (broad SMARTS) is 1. The summed E-state index contributed by atoms with van der Waals surface area (Å²) in [5.74, 6) is 2.65. The first-order valence-electron chi connectivity index (χ1n) is 7.51. The molecule has 0 saturated carbocycles. The van der Waals surface area contributed by atoms with E-state index in [1.54, 1.807) is 0 Å². The Hall–Kier alpha value is -1.17. The van der Waals surface area contributed by atoms with Crippen LogP contribution in [-0.4, -0.2) is 17.2 Å². The predicted molar refractivity (Wildman–Crippen MR) is 77.7 cm³/mol. The highest BCUT2D eigenvalue weighted by Gasteiger charge is 2.18. The lowest BCUT2D eigenvalue weighted by Crippen LogP contribution is -2.22. The number of carbonyl (C=O) groups is 1. The van der Waals surface area contributed by atoms with Crippen LogP contribution in [0.2, 0.25) is 0 Å². The van der Waals surface area contributed by atoms with Crippen molar-refractivity contribution >= 4 is 5.97 Å². The lowest BCUT2D eigenvalue weighted by molar-refractivity contribution is -0.146. The summed E-state index contributed by atoms with van der Waals surface area (Å²) in [7, 11) is 0. The molecule has 0 amide bonds. The van der Waals surface area contributed by atoms with Gasteiger partial charge in [0.05, 0.1) is 0 Å². The molecule has 0 aliphatic carbocycles. The third-order valence-electron chi connectivity index (χ3n) is 3.44. The number of aliphatic carboxylic acids is 1. The van der Waals surface area contributed by atoms with Gasteiger partial charge in [0.1, 0.15) is 6.11 Å². The number of hydrogen-bond acceptors (Lipinski definition) is 2. The van der Waals surface area contributed by atoms with E-state index in [-0.39, 0.29) is 0 Å². The standard InChI is InChI=1S/C16H28O3/c1-4-7-8-9-13-19-15(16(17)18)12-10-11-14(5-2)6-3/h14-15H,4-8,10-12H2,1-3H3,(H,17,18). The van der Waals surface area contributed by atoms with Gasteiger partial charge in [-0.15, -0.1) is 0 Å². The van der Waals surface area contributed by atoms with Gasteiger partial charge >= 0.3 is 5.97 Å². The van der Waals surface area contributed by atoms with Crippen molar-refractivity contribution in [1.82, 2.24) is 0 Å². The van der Waals surface area contributed by atoms with E-state index in [2.05, 4.69) is 32.8 Å². The van der Waals surface area contributed by atoms with Crippen LogP contribution in [-0.2, 0) is 9.53 Å². The number of rotatable bonds is 10. The van der Waals surface area contributed by atoms with E-state index in [1.807, 2.05) is 0 Å². The number of ether oxygens (including phenoxy) is 1. The van der Waals surface area contributed by atoms with Gasteiger partial charge < -0.3 is 9.84 Å². The fourth-order valence-electron chi connectivity index (χ4n) is 1.95. The van der Waals surface area contributed by atoms with Crippen molar-refractivity contribution in [2.75, 3.05) is 0 Å². The molecule has 1 N–H and O–H groups in total. The molecule has 110 valence electrons. The largest absolute Gasteiger partial charge is 0.478 e. The van der Waals surface area contributed by atoms with Crippen LogP contribution >= 0.6 is 0 Å². The topological polar surface area (TPSA) is 46.5 Å². The summed E-state index contributed by atoms with van der Waals surface area (Å²) in [6.07, 6.45) is 9.49. The molecular weight excluding hydrogens is 240 g/mol. The van der Waals surface area contributed by atoms with Crippen molar-refractivity contribution in [3.05, 3.63) is 0 Å². The monoisotopic (exact) mass is 268 g/mol. The second kappa shape index (κ2) is 11.9. The predicted octanol–water partition coefficient (Wildman–Crippen LogP) is 4.21. The summed E-state index contributed by atoms with van der Waals surface area (Å²) < 4.78 is 5.14. The number of carboxylic acids is 1. The van der Waals surface area contributed by atoms with E-state index in [4.69, 9.17) is 9.84 Å². The maximum Gasteiger partial charge on any atom is 0.346 e. The van der Waals surface area contributed by atoms with Crippen molar-refractivity contribution in [2.45, 2.75) is 78.2 Å². The van der Waals surface area contributed by atoms with E-state index in [0.29, 0.717) is 12.3 Å². The Morgan fingerprint density at radius 1 is 1.16 bits per heavy atom. The molecule has 1 unspecified atom stereocenters. The summed E-state index contributed by atoms with van der Waals surface area (Å²) in [4.78, 5) is 11.0. The summed E-state index contributed by atoms with van der Waals surface area (Å²) in [6.45, 7) is 6.46. The van der Waals surface area contributed by atoms with Gasteiger partial charge in [-0.25, -0.2) is 4.79 Å². The lowest BCUT2D eigenvalue weighted by atomic mass is 9.96. The zero-order valence-corrected chi connectivity index (χ0v) is 12.6. The molecule has 0 fully saturated rings. The van der Waals surface area contributed by atoms with Crippen molar-refractivity contribution in [3.63, 3.8) is 0 Å². The van der Waals surface area contributed by atoms with Crippen LogP contribution in [0.25, 0.3) is 0 Å². The van der Waals surface area contributed by atoms with Gasteiger partial charge in [0, 0.05) is 6.42 Å². The Morgan fingerprint density at radius 2 is 1.84 bits per heavy atom. The van der Waals surface area contributed by atoms with Crippen LogP contribution in [0.15, 0.2) is 0 Å². The second-order valence-electron chi connectivity index (χ2n) is 4.94. The molecule has 0 aromatic rings. The summed E-state index contributed by atoms with van der Waals surface area (Å²) in [5.41, 5.74) is 0. The van der Waals surface area contributed by atoms with Gasteiger partial charge in [0.25, 0.3) is 0 Å². The highest BCUT2D eigenvalue weighted by molar-refractivity contribution is 5.72. The highest BCUT2D eigenvalue weighted by Crippen LogP contribution is 2.17. The van der Waals surface area contributed by atoms with Crippen LogP contribution in [0.4, 0.5) is 0 Å².